The van der Waals surface area contributed by atoms with Crippen LogP contribution in [0.5, 0.6) is 5.75 Å². The average Bonchev–Trinajstić information content (AvgIpc) is 2.66. The Balaban J connectivity index is 2.36. The van der Waals surface area contributed by atoms with Crippen LogP contribution in [0, 0.1) is 13.8 Å². The van der Waals surface area contributed by atoms with Crippen LogP contribution in [0.4, 0.5) is 0 Å². The molecule has 0 aliphatic carbocycles. The van der Waals surface area contributed by atoms with Crippen LogP contribution in [-0.4, -0.2) is 19.9 Å². The van der Waals surface area contributed by atoms with Crippen molar-refractivity contribution in [2.45, 2.75) is 13.8 Å². The largest absolute Gasteiger partial charge is 0.508 e. The van der Waals surface area contributed by atoms with E-state index >= 15 is 0 Å². The number of aromatic nitrogens is 3. The molecule has 2 aromatic heterocycles. The summed E-state index contributed by atoms with van der Waals surface area (Å²) >= 11 is 3.52. The van der Waals surface area contributed by atoms with E-state index in [1.165, 1.54) is 0 Å². The van der Waals surface area contributed by atoms with Gasteiger partial charge in [0.25, 0.3) is 0 Å². The van der Waals surface area contributed by atoms with Gasteiger partial charge in [0, 0.05) is 11.6 Å². The summed E-state index contributed by atoms with van der Waals surface area (Å²) in [6.45, 7) is 3.92. The van der Waals surface area contributed by atoms with Gasteiger partial charge < -0.3 is 5.11 Å². The van der Waals surface area contributed by atoms with Gasteiger partial charge in [-0.2, -0.15) is 5.10 Å². The summed E-state index contributed by atoms with van der Waals surface area (Å²) in [5.41, 5.74) is 1.90. The molecule has 5 heteroatoms. The fourth-order valence-corrected chi connectivity index (χ4v) is 2.39. The molecule has 2 heterocycles. The molecule has 3 rings (SSSR count). The fraction of sp³-hybridized carbons (Fsp3) is 0.143. The molecule has 1 aromatic carbocycles. The Kier molecular flexibility index (Phi) is 2.78. The van der Waals surface area contributed by atoms with Crippen LogP contribution >= 0.6 is 15.9 Å². The van der Waals surface area contributed by atoms with E-state index in [-0.39, 0.29) is 5.75 Å². The van der Waals surface area contributed by atoms with Crippen LogP contribution in [0.3, 0.4) is 0 Å². The number of aromatic hydroxyl groups is 1. The monoisotopic (exact) mass is 317 g/mol. The molecule has 0 atom stereocenters. The lowest BCUT2D eigenvalue weighted by molar-refractivity contribution is 0.476. The van der Waals surface area contributed by atoms with Gasteiger partial charge in [0.05, 0.1) is 15.9 Å². The van der Waals surface area contributed by atoms with Crippen molar-refractivity contribution in [1.82, 2.24) is 14.8 Å². The van der Waals surface area contributed by atoms with Crippen molar-refractivity contribution in [2.75, 3.05) is 0 Å². The number of pyridine rings is 1. The minimum atomic E-state index is 0.224. The molecular weight excluding hydrogens is 306 g/mol. The number of aryl methyl sites for hydroxylation is 1. The normalized spacial score (nSPS) is 11.1. The average molecular weight is 318 g/mol. The third-order valence-corrected chi connectivity index (χ3v) is 4.28. The van der Waals surface area contributed by atoms with Gasteiger partial charge in [-0.3, -0.25) is 0 Å². The summed E-state index contributed by atoms with van der Waals surface area (Å²) in [4.78, 5) is 4.40. The number of phenols is 1. The summed E-state index contributed by atoms with van der Waals surface area (Å²) in [7, 11) is 0. The van der Waals surface area contributed by atoms with E-state index in [0.717, 1.165) is 32.5 Å². The van der Waals surface area contributed by atoms with Crippen LogP contribution in [-0.2, 0) is 0 Å². The van der Waals surface area contributed by atoms with Crippen LogP contribution in [0.2, 0.25) is 0 Å². The molecule has 0 fully saturated rings. The smallest absolute Gasteiger partial charge is 0.161 e. The summed E-state index contributed by atoms with van der Waals surface area (Å²) < 4.78 is 2.77. The zero-order valence-corrected chi connectivity index (χ0v) is 12.1. The number of fused-ring (bicyclic) bond motifs is 1. The van der Waals surface area contributed by atoms with E-state index in [2.05, 4.69) is 26.0 Å². The highest BCUT2D eigenvalue weighted by atomic mass is 79.9. The standard InChI is InChI=1S/C14H12BrN3O/c1-8-13(15)9(2)18(17-8)14-12-7-11(19)4-3-10(12)5-6-16-14/h3-7,19H,1-2H3. The third kappa shape index (κ3) is 1.90. The zero-order chi connectivity index (χ0) is 13.6. The predicted molar refractivity (Wildman–Crippen MR) is 77.7 cm³/mol. The first-order valence-electron chi connectivity index (χ1n) is 5.88. The van der Waals surface area contributed by atoms with Crippen molar-refractivity contribution in [3.05, 3.63) is 46.3 Å². The Morgan fingerprint density at radius 2 is 2.00 bits per heavy atom. The highest BCUT2D eigenvalue weighted by molar-refractivity contribution is 9.10. The van der Waals surface area contributed by atoms with Crippen molar-refractivity contribution >= 4 is 26.7 Å². The maximum Gasteiger partial charge on any atom is 0.161 e. The van der Waals surface area contributed by atoms with Gasteiger partial charge >= 0.3 is 0 Å². The van der Waals surface area contributed by atoms with E-state index in [9.17, 15) is 5.11 Å². The second kappa shape index (κ2) is 4.35. The van der Waals surface area contributed by atoms with Crippen LogP contribution < -0.4 is 0 Å². The zero-order valence-electron chi connectivity index (χ0n) is 10.6. The number of halogens is 1. The molecule has 0 radical (unpaired) electrons. The van der Waals surface area contributed by atoms with Crippen LogP contribution in [0.25, 0.3) is 16.6 Å². The molecule has 0 bridgehead atoms. The molecule has 0 saturated carbocycles. The van der Waals surface area contributed by atoms with E-state index in [0.29, 0.717) is 0 Å². The molecule has 4 nitrogen and oxygen atoms in total. The molecule has 0 saturated heterocycles. The van der Waals surface area contributed by atoms with Gasteiger partial charge in [-0.25, -0.2) is 9.67 Å². The van der Waals surface area contributed by atoms with E-state index in [1.807, 2.05) is 26.0 Å². The Morgan fingerprint density at radius 3 is 2.68 bits per heavy atom. The minimum Gasteiger partial charge on any atom is -0.508 e. The Morgan fingerprint density at radius 1 is 1.21 bits per heavy atom. The second-order valence-corrected chi connectivity index (χ2v) is 5.23. The Hall–Kier alpha value is -1.88. The SMILES string of the molecule is Cc1nn(-c2nccc3ccc(O)cc23)c(C)c1Br. The highest BCUT2D eigenvalue weighted by Crippen LogP contribution is 2.28. The Bertz CT molecular complexity index is 780. The first-order chi connectivity index (χ1) is 9.08. The third-order valence-electron chi connectivity index (χ3n) is 3.13. The molecule has 19 heavy (non-hydrogen) atoms. The van der Waals surface area contributed by atoms with Gasteiger partial charge in [0.1, 0.15) is 5.75 Å². The van der Waals surface area contributed by atoms with Gasteiger partial charge in [-0.1, -0.05) is 6.07 Å². The van der Waals surface area contributed by atoms with Gasteiger partial charge in [0.2, 0.25) is 0 Å². The van der Waals surface area contributed by atoms with Gasteiger partial charge in [-0.05, 0) is 53.4 Å². The lowest BCUT2D eigenvalue weighted by Gasteiger charge is -2.07. The first-order valence-corrected chi connectivity index (χ1v) is 6.67. The molecule has 0 spiro atoms. The van der Waals surface area contributed by atoms with Crippen LogP contribution in [0.1, 0.15) is 11.4 Å². The summed E-state index contributed by atoms with van der Waals surface area (Å²) in [5.74, 6) is 0.946. The predicted octanol–water partition coefficient (Wildman–Crippen LogP) is 3.51. The summed E-state index contributed by atoms with van der Waals surface area (Å²) in [5, 5.41) is 16.0. The molecule has 1 N–H and O–H groups in total. The lowest BCUT2D eigenvalue weighted by atomic mass is 10.1. The second-order valence-electron chi connectivity index (χ2n) is 4.44. The number of hydrogen-bond donors (Lipinski definition) is 1. The highest BCUT2D eigenvalue weighted by Gasteiger charge is 2.13. The molecule has 0 aliphatic rings. The van der Waals surface area contributed by atoms with E-state index in [4.69, 9.17) is 0 Å². The quantitative estimate of drug-likeness (QED) is 0.747. The topological polar surface area (TPSA) is 50.9 Å². The number of phenolic OH excluding ortho intramolecular Hbond substituents is 1. The van der Waals surface area contributed by atoms with Crippen LogP contribution in [0.15, 0.2) is 34.9 Å². The van der Waals surface area contributed by atoms with Crippen molar-refractivity contribution in [1.29, 1.82) is 0 Å². The summed E-state index contributed by atoms with van der Waals surface area (Å²) in [6.07, 6.45) is 1.75. The van der Waals surface area contributed by atoms with Crippen molar-refractivity contribution in [2.24, 2.45) is 0 Å². The number of benzene rings is 1. The maximum atomic E-state index is 9.66. The molecular formula is C14H12BrN3O. The molecule has 3 aromatic rings. The van der Waals surface area contributed by atoms with Crippen molar-refractivity contribution in [3.63, 3.8) is 0 Å². The molecule has 0 unspecified atom stereocenters. The minimum absolute atomic E-state index is 0.224. The van der Waals surface area contributed by atoms with Gasteiger partial charge in [0.15, 0.2) is 5.82 Å². The lowest BCUT2D eigenvalue weighted by Crippen LogP contribution is -2.02. The van der Waals surface area contributed by atoms with Crippen molar-refractivity contribution in [3.8, 4) is 11.6 Å². The van der Waals surface area contributed by atoms with Crippen molar-refractivity contribution < 1.29 is 5.11 Å². The van der Waals surface area contributed by atoms with E-state index < -0.39 is 0 Å². The van der Waals surface area contributed by atoms with Gasteiger partial charge in [-0.15, -0.1) is 0 Å². The molecule has 0 amide bonds. The number of nitrogens with zero attached hydrogens (tertiary/aromatic N) is 3. The first kappa shape index (κ1) is 12.2. The number of rotatable bonds is 1. The van der Waals surface area contributed by atoms with E-state index in [1.54, 1.807) is 23.0 Å². The molecule has 96 valence electrons. The fourth-order valence-electron chi connectivity index (χ4n) is 2.14. The Labute approximate surface area is 118 Å². The number of hydrogen-bond acceptors (Lipinski definition) is 3. The summed E-state index contributed by atoms with van der Waals surface area (Å²) in [6, 6.07) is 7.17. The maximum absolute atomic E-state index is 9.66. The molecule has 0 aliphatic heterocycles.